The van der Waals surface area contributed by atoms with Crippen molar-refractivity contribution in [3.63, 3.8) is 0 Å². The van der Waals surface area contributed by atoms with Gasteiger partial charge in [-0.25, -0.2) is 0 Å². The van der Waals surface area contributed by atoms with E-state index in [2.05, 4.69) is 39.8 Å². The first kappa shape index (κ1) is 15.8. The lowest BCUT2D eigenvalue weighted by atomic mass is 10.0. The number of hydrogen-bond donors (Lipinski definition) is 2. The summed E-state index contributed by atoms with van der Waals surface area (Å²) in [5, 5.41) is 17.3. The van der Waals surface area contributed by atoms with Crippen LogP contribution in [0, 0.1) is 5.92 Å². The van der Waals surface area contributed by atoms with Gasteiger partial charge in [0.2, 0.25) is 5.91 Å². The lowest BCUT2D eigenvalue weighted by Crippen LogP contribution is -2.52. The van der Waals surface area contributed by atoms with Crippen molar-refractivity contribution in [2.45, 2.75) is 39.3 Å². The van der Waals surface area contributed by atoms with Crippen molar-refractivity contribution < 1.29 is 9.53 Å². The molecular weight excluding hydrogens is 272 g/mol. The molecule has 1 aliphatic heterocycles. The fourth-order valence-corrected chi connectivity index (χ4v) is 2.58. The second-order valence-electron chi connectivity index (χ2n) is 5.63. The van der Waals surface area contributed by atoms with Crippen LogP contribution in [0.4, 0.5) is 0 Å². The molecular formula is C13H24N6O2. The van der Waals surface area contributed by atoms with E-state index >= 15 is 0 Å². The van der Waals surface area contributed by atoms with E-state index in [1.165, 1.54) is 0 Å². The number of nitrogens with one attached hydrogen (secondary N) is 2. The van der Waals surface area contributed by atoms with Crippen molar-refractivity contribution in [3.8, 4) is 0 Å². The number of hydrogen-bond acceptors (Lipinski definition) is 6. The largest absolute Gasteiger partial charge is 0.377 e. The lowest BCUT2D eigenvalue weighted by molar-refractivity contribution is -0.143. The van der Waals surface area contributed by atoms with Crippen molar-refractivity contribution >= 4 is 5.91 Å². The number of ether oxygens (including phenoxy) is 1. The summed E-state index contributed by atoms with van der Waals surface area (Å²) in [4.78, 5) is 14.7. The Balaban J connectivity index is 2.13. The molecule has 2 N–H and O–H groups in total. The minimum Gasteiger partial charge on any atom is -0.377 e. The summed E-state index contributed by atoms with van der Waals surface area (Å²) in [6.07, 6.45) is 0.809. The average molecular weight is 296 g/mol. The number of amides is 1. The Hall–Kier alpha value is -1.54. The van der Waals surface area contributed by atoms with E-state index in [1.54, 1.807) is 0 Å². The predicted octanol–water partition coefficient (Wildman–Crippen LogP) is 0.124. The number of carbonyl (C=O) groups excluding carboxylic acids is 1. The molecule has 0 spiro atoms. The van der Waals surface area contributed by atoms with Gasteiger partial charge in [0.1, 0.15) is 6.04 Å². The molecule has 0 aromatic carbocycles. The van der Waals surface area contributed by atoms with Crippen molar-refractivity contribution in [1.82, 2.24) is 30.8 Å². The van der Waals surface area contributed by atoms with Crippen LogP contribution in [0.3, 0.4) is 0 Å². The topological polar surface area (TPSA) is 96.0 Å². The normalized spacial score (nSPS) is 20.8. The molecule has 1 fully saturated rings. The van der Waals surface area contributed by atoms with Gasteiger partial charge in [-0.3, -0.25) is 4.79 Å². The Morgan fingerprint density at radius 3 is 3.00 bits per heavy atom. The number of likely N-dealkylation sites (N-methyl/N-ethyl adjacent to an activating group) is 1. The summed E-state index contributed by atoms with van der Waals surface area (Å²) in [5.41, 5.74) is 0. The smallest absolute Gasteiger partial charge is 0.240 e. The van der Waals surface area contributed by atoms with Gasteiger partial charge in [0, 0.05) is 6.54 Å². The number of carbonyl (C=O) groups is 1. The fourth-order valence-electron chi connectivity index (χ4n) is 2.58. The second-order valence-corrected chi connectivity index (χ2v) is 5.63. The highest BCUT2D eigenvalue weighted by molar-refractivity contribution is 5.82. The molecule has 2 unspecified atom stereocenters. The molecule has 0 aliphatic carbocycles. The van der Waals surface area contributed by atoms with E-state index in [0.717, 1.165) is 13.0 Å². The van der Waals surface area contributed by atoms with E-state index in [-0.39, 0.29) is 18.0 Å². The first-order chi connectivity index (χ1) is 10.1. The zero-order chi connectivity index (χ0) is 15.2. The highest BCUT2D eigenvalue weighted by Gasteiger charge is 2.34. The Labute approximate surface area is 124 Å². The van der Waals surface area contributed by atoms with Crippen molar-refractivity contribution in [3.05, 3.63) is 5.82 Å². The van der Waals surface area contributed by atoms with Crippen LogP contribution in [0.5, 0.6) is 0 Å². The zero-order valence-corrected chi connectivity index (χ0v) is 12.9. The molecule has 118 valence electrons. The van der Waals surface area contributed by atoms with Crippen molar-refractivity contribution in [1.29, 1.82) is 0 Å². The van der Waals surface area contributed by atoms with Gasteiger partial charge in [-0.05, 0) is 18.9 Å². The molecule has 0 radical (unpaired) electrons. The standard InChI is InChI=1S/C13H24N6O2/c1-4-14-10(7-9(2)3)13(20)19-5-6-21-8-11(19)12-15-17-18-16-12/h9-11,14H,4-8H2,1-3H3,(H,15,16,17,18). The summed E-state index contributed by atoms with van der Waals surface area (Å²) >= 11 is 0. The van der Waals surface area contributed by atoms with Gasteiger partial charge < -0.3 is 15.0 Å². The van der Waals surface area contributed by atoms with Crippen LogP contribution >= 0.6 is 0 Å². The third kappa shape index (κ3) is 3.98. The third-order valence-corrected chi connectivity index (χ3v) is 3.53. The zero-order valence-electron chi connectivity index (χ0n) is 12.9. The third-order valence-electron chi connectivity index (χ3n) is 3.53. The number of tetrazole rings is 1. The molecule has 1 aliphatic rings. The molecule has 21 heavy (non-hydrogen) atoms. The number of H-pyrrole nitrogens is 1. The predicted molar refractivity (Wildman–Crippen MR) is 76.4 cm³/mol. The van der Waals surface area contributed by atoms with Gasteiger partial charge in [0.05, 0.1) is 19.3 Å². The van der Waals surface area contributed by atoms with Crippen LogP contribution < -0.4 is 5.32 Å². The molecule has 1 aromatic heterocycles. The van der Waals surface area contributed by atoms with Gasteiger partial charge in [-0.2, -0.15) is 5.21 Å². The minimum atomic E-state index is -0.265. The van der Waals surface area contributed by atoms with E-state index < -0.39 is 0 Å². The number of nitrogens with zero attached hydrogens (tertiary/aromatic N) is 4. The Morgan fingerprint density at radius 1 is 1.57 bits per heavy atom. The number of aromatic nitrogens is 4. The molecule has 0 saturated carbocycles. The van der Waals surface area contributed by atoms with Crippen LogP contribution in [0.1, 0.15) is 39.1 Å². The van der Waals surface area contributed by atoms with E-state index in [1.807, 2.05) is 11.8 Å². The lowest BCUT2D eigenvalue weighted by Gasteiger charge is -2.36. The molecule has 1 aromatic rings. The van der Waals surface area contributed by atoms with E-state index in [0.29, 0.717) is 31.5 Å². The maximum atomic E-state index is 12.9. The van der Waals surface area contributed by atoms with Crippen molar-refractivity contribution in [2.24, 2.45) is 5.92 Å². The molecule has 2 rings (SSSR count). The molecule has 8 heteroatoms. The van der Waals surface area contributed by atoms with Gasteiger partial charge in [0.15, 0.2) is 5.82 Å². The minimum absolute atomic E-state index is 0.0867. The van der Waals surface area contributed by atoms with Crippen LogP contribution in [0.25, 0.3) is 0 Å². The van der Waals surface area contributed by atoms with Crippen molar-refractivity contribution in [2.75, 3.05) is 26.3 Å². The molecule has 2 heterocycles. The molecule has 1 amide bonds. The Kier molecular flexibility index (Phi) is 5.63. The molecule has 1 saturated heterocycles. The van der Waals surface area contributed by atoms with Gasteiger partial charge in [-0.15, -0.1) is 10.2 Å². The summed E-state index contributed by atoms with van der Waals surface area (Å²) in [7, 11) is 0. The quantitative estimate of drug-likeness (QED) is 0.774. The highest BCUT2D eigenvalue weighted by atomic mass is 16.5. The summed E-state index contributed by atoms with van der Waals surface area (Å²) < 4.78 is 5.47. The monoisotopic (exact) mass is 296 g/mol. The maximum Gasteiger partial charge on any atom is 0.240 e. The molecule has 8 nitrogen and oxygen atoms in total. The Bertz CT molecular complexity index is 436. The van der Waals surface area contributed by atoms with Crippen LogP contribution in [0.2, 0.25) is 0 Å². The van der Waals surface area contributed by atoms with Crippen LogP contribution in [-0.2, 0) is 9.53 Å². The molecule has 0 bridgehead atoms. The maximum absolute atomic E-state index is 12.9. The summed E-state index contributed by atoms with van der Waals surface area (Å²) in [5.74, 6) is 1.04. The SMILES string of the molecule is CCNC(CC(C)C)C(=O)N1CCOCC1c1nn[nH]n1. The highest BCUT2D eigenvalue weighted by Crippen LogP contribution is 2.22. The van der Waals surface area contributed by atoms with E-state index in [4.69, 9.17) is 4.74 Å². The van der Waals surface area contributed by atoms with E-state index in [9.17, 15) is 4.79 Å². The first-order valence-electron chi connectivity index (χ1n) is 7.48. The van der Waals surface area contributed by atoms with Gasteiger partial charge >= 0.3 is 0 Å². The second kappa shape index (κ2) is 7.46. The average Bonchev–Trinajstić information content (AvgIpc) is 3.00. The Morgan fingerprint density at radius 2 is 2.38 bits per heavy atom. The molecule has 2 atom stereocenters. The summed E-state index contributed by atoms with van der Waals surface area (Å²) in [6.45, 7) is 8.52. The number of morpholine rings is 1. The summed E-state index contributed by atoms with van der Waals surface area (Å²) in [6, 6.07) is -0.444. The number of rotatable bonds is 6. The number of aromatic amines is 1. The fraction of sp³-hybridized carbons (Fsp3) is 0.846. The first-order valence-corrected chi connectivity index (χ1v) is 7.48. The van der Waals surface area contributed by atoms with Gasteiger partial charge in [-0.1, -0.05) is 26.0 Å². The van der Waals surface area contributed by atoms with Gasteiger partial charge in [0.25, 0.3) is 0 Å². The van der Waals surface area contributed by atoms with Crippen LogP contribution in [0.15, 0.2) is 0 Å². The van der Waals surface area contributed by atoms with Crippen LogP contribution in [-0.4, -0.2) is 63.8 Å².